The largest absolute Gasteiger partial charge is 0.444 e. The molecule has 18 heavy (non-hydrogen) atoms. The van der Waals surface area contributed by atoms with Crippen LogP contribution in [0.2, 0.25) is 0 Å². The van der Waals surface area contributed by atoms with Crippen molar-refractivity contribution in [2.45, 2.75) is 45.0 Å². The fourth-order valence-corrected chi connectivity index (χ4v) is 1.63. The van der Waals surface area contributed by atoms with Gasteiger partial charge < -0.3 is 19.5 Å². The summed E-state index contributed by atoms with van der Waals surface area (Å²) in [6.07, 6.45) is -1.82. The van der Waals surface area contributed by atoms with Gasteiger partial charge in [-0.3, -0.25) is 0 Å². The normalized spacial score (nSPS) is 22.2. The van der Waals surface area contributed by atoms with Crippen molar-refractivity contribution in [3.8, 4) is 6.07 Å². The van der Waals surface area contributed by atoms with Crippen molar-refractivity contribution in [1.82, 2.24) is 4.90 Å². The smallest absolute Gasteiger partial charge is 0.410 e. The maximum Gasteiger partial charge on any atom is 0.410 e. The lowest BCUT2D eigenvalue weighted by Crippen LogP contribution is -2.51. The molecule has 102 valence electrons. The zero-order chi connectivity index (χ0) is 13.8. The van der Waals surface area contributed by atoms with E-state index in [1.165, 1.54) is 4.90 Å². The summed E-state index contributed by atoms with van der Waals surface area (Å²) in [6.45, 7) is 6.42. The lowest BCUT2D eigenvalue weighted by Gasteiger charge is -2.35. The van der Waals surface area contributed by atoms with Crippen LogP contribution in [0.4, 0.5) is 4.79 Å². The number of hydrogen-bond acceptors (Lipinski definition) is 5. The van der Waals surface area contributed by atoms with Crippen LogP contribution in [0.3, 0.4) is 0 Å². The van der Waals surface area contributed by atoms with Crippen molar-refractivity contribution < 1.29 is 19.4 Å². The van der Waals surface area contributed by atoms with E-state index in [-0.39, 0.29) is 13.0 Å². The van der Waals surface area contributed by atoms with Gasteiger partial charge in [0.15, 0.2) is 0 Å². The fourth-order valence-electron chi connectivity index (χ4n) is 1.63. The molecule has 1 aliphatic heterocycles. The van der Waals surface area contributed by atoms with E-state index in [1.807, 2.05) is 6.07 Å². The Kier molecular flexibility index (Phi) is 4.93. The molecule has 0 aromatic heterocycles. The number of rotatable bonds is 2. The van der Waals surface area contributed by atoms with E-state index in [2.05, 4.69) is 0 Å². The summed E-state index contributed by atoms with van der Waals surface area (Å²) < 4.78 is 10.6. The van der Waals surface area contributed by atoms with Gasteiger partial charge in [0.25, 0.3) is 0 Å². The first-order valence-electron chi connectivity index (χ1n) is 5.98. The van der Waals surface area contributed by atoms with Crippen molar-refractivity contribution in [2.24, 2.45) is 0 Å². The third kappa shape index (κ3) is 4.51. The number of amides is 1. The second kappa shape index (κ2) is 6.03. The summed E-state index contributed by atoms with van der Waals surface area (Å²) in [5, 5.41) is 18.2. The molecule has 0 bridgehead atoms. The van der Waals surface area contributed by atoms with E-state index in [0.717, 1.165) is 0 Å². The molecule has 1 N–H and O–H groups in total. The topological polar surface area (TPSA) is 82.8 Å². The number of carbonyl (C=O) groups excluding carboxylic acids is 1. The SMILES string of the molecule is CC(C)(C)OC(=O)N1CCOC(C(O)CC#N)C1. The third-order valence-corrected chi connectivity index (χ3v) is 2.47. The average molecular weight is 256 g/mol. The molecule has 0 aromatic rings. The first kappa shape index (κ1) is 14.7. The minimum atomic E-state index is -0.875. The van der Waals surface area contributed by atoms with E-state index >= 15 is 0 Å². The summed E-state index contributed by atoms with van der Waals surface area (Å²) in [6, 6.07) is 1.88. The highest BCUT2D eigenvalue weighted by Gasteiger charge is 2.31. The Morgan fingerprint density at radius 3 is 2.89 bits per heavy atom. The molecule has 0 saturated carbocycles. The molecule has 6 nitrogen and oxygen atoms in total. The maximum atomic E-state index is 11.8. The molecule has 1 fully saturated rings. The Morgan fingerprint density at radius 1 is 1.67 bits per heavy atom. The van der Waals surface area contributed by atoms with Crippen LogP contribution in [0.1, 0.15) is 27.2 Å². The van der Waals surface area contributed by atoms with Gasteiger partial charge in [-0.05, 0) is 20.8 Å². The average Bonchev–Trinajstić information content (AvgIpc) is 2.27. The van der Waals surface area contributed by atoms with E-state index in [1.54, 1.807) is 20.8 Å². The molecular formula is C12H20N2O4. The monoisotopic (exact) mass is 256 g/mol. The van der Waals surface area contributed by atoms with Crippen LogP contribution in [0.25, 0.3) is 0 Å². The molecule has 2 atom stereocenters. The van der Waals surface area contributed by atoms with Crippen LogP contribution in [0.15, 0.2) is 0 Å². The highest BCUT2D eigenvalue weighted by molar-refractivity contribution is 5.68. The number of aliphatic hydroxyl groups is 1. The van der Waals surface area contributed by atoms with Crippen LogP contribution < -0.4 is 0 Å². The highest BCUT2D eigenvalue weighted by atomic mass is 16.6. The number of nitriles is 1. The number of nitrogens with zero attached hydrogens (tertiary/aromatic N) is 2. The molecule has 1 amide bonds. The van der Waals surface area contributed by atoms with Gasteiger partial charge in [0.2, 0.25) is 0 Å². The Bertz CT molecular complexity index is 332. The zero-order valence-electron chi connectivity index (χ0n) is 11.0. The zero-order valence-corrected chi connectivity index (χ0v) is 11.0. The first-order chi connectivity index (χ1) is 8.33. The Labute approximate surface area is 107 Å². The Balaban J connectivity index is 2.53. The molecule has 1 saturated heterocycles. The number of hydrogen-bond donors (Lipinski definition) is 1. The van der Waals surface area contributed by atoms with Gasteiger partial charge in [0, 0.05) is 6.54 Å². The lowest BCUT2D eigenvalue weighted by molar-refractivity contribution is -0.0878. The first-order valence-corrected chi connectivity index (χ1v) is 5.98. The van der Waals surface area contributed by atoms with E-state index in [0.29, 0.717) is 13.2 Å². The summed E-state index contributed by atoms with van der Waals surface area (Å²) >= 11 is 0. The minimum absolute atomic E-state index is 0.00712. The van der Waals surface area contributed by atoms with E-state index in [9.17, 15) is 9.90 Å². The molecule has 0 radical (unpaired) electrons. The van der Waals surface area contributed by atoms with Crippen LogP contribution in [-0.2, 0) is 9.47 Å². The number of aliphatic hydroxyl groups excluding tert-OH is 1. The molecule has 6 heteroatoms. The molecular weight excluding hydrogens is 236 g/mol. The molecule has 1 rings (SSSR count). The van der Waals surface area contributed by atoms with Crippen LogP contribution in [0, 0.1) is 11.3 Å². The predicted molar refractivity (Wildman–Crippen MR) is 63.8 cm³/mol. The van der Waals surface area contributed by atoms with Crippen molar-refractivity contribution in [3.63, 3.8) is 0 Å². The minimum Gasteiger partial charge on any atom is -0.444 e. The van der Waals surface area contributed by atoms with Crippen molar-refractivity contribution in [2.75, 3.05) is 19.7 Å². The second-order valence-corrected chi connectivity index (χ2v) is 5.27. The molecule has 2 unspecified atom stereocenters. The molecule has 0 spiro atoms. The van der Waals surface area contributed by atoms with E-state index < -0.39 is 23.9 Å². The van der Waals surface area contributed by atoms with Crippen LogP contribution >= 0.6 is 0 Å². The maximum absolute atomic E-state index is 11.8. The predicted octanol–water partition coefficient (Wildman–Crippen LogP) is 0.897. The molecule has 1 aliphatic rings. The van der Waals surface area contributed by atoms with Crippen molar-refractivity contribution >= 4 is 6.09 Å². The standard InChI is InChI=1S/C12H20N2O4/c1-12(2,3)18-11(16)14-6-7-17-10(8-14)9(15)4-5-13/h9-10,15H,4,6-8H2,1-3H3. The van der Waals surface area contributed by atoms with Crippen LogP contribution in [-0.4, -0.2) is 53.6 Å². The summed E-state index contributed by atoms with van der Waals surface area (Å²) in [5.74, 6) is 0. The highest BCUT2D eigenvalue weighted by Crippen LogP contribution is 2.15. The summed E-state index contributed by atoms with van der Waals surface area (Å²) in [7, 11) is 0. The molecule has 1 heterocycles. The number of ether oxygens (including phenoxy) is 2. The van der Waals surface area contributed by atoms with E-state index in [4.69, 9.17) is 14.7 Å². The summed E-state index contributed by atoms with van der Waals surface area (Å²) in [4.78, 5) is 13.3. The van der Waals surface area contributed by atoms with Gasteiger partial charge in [0.05, 0.1) is 31.7 Å². The molecule has 0 aromatic carbocycles. The second-order valence-electron chi connectivity index (χ2n) is 5.27. The molecule has 0 aliphatic carbocycles. The van der Waals surface area contributed by atoms with Gasteiger partial charge in [0.1, 0.15) is 11.7 Å². The Hall–Kier alpha value is -1.32. The fraction of sp³-hybridized carbons (Fsp3) is 0.833. The van der Waals surface area contributed by atoms with Crippen molar-refractivity contribution in [1.29, 1.82) is 5.26 Å². The van der Waals surface area contributed by atoms with Gasteiger partial charge in [-0.15, -0.1) is 0 Å². The van der Waals surface area contributed by atoms with Crippen molar-refractivity contribution in [3.05, 3.63) is 0 Å². The van der Waals surface area contributed by atoms with Gasteiger partial charge >= 0.3 is 6.09 Å². The Morgan fingerprint density at radius 2 is 2.33 bits per heavy atom. The van der Waals surface area contributed by atoms with Gasteiger partial charge in [-0.2, -0.15) is 5.26 Å². The van der Waals surface area contributed by atoms with Gasteiger partial charge in [-0.25, -0.2) is 4.79 Å². The van der Waals surface area contributed by atoms with Crippen LogP contribution in [0.5, 0.6) is 0 Å². The lowest BCUT2D eigenvalue weighted by atomic mass is 10.1. The number of morpholine rings is 1. The number of carbonyl (C=O) groups is 1. The van der Waals surface area contributed by atoms with Gasteiger partial charge in [-0.1, -0.05) is 0 Å². The third-order valence-electron chi connectivity index (χ3n) is 2.47. The quantitative estimate of drug-likeness (QED) is 0.793. The summed E-state index contributed by atoms with van der Waals surface area (Å²) in [5.41, 5.74) is -0.545.